The van der Waals surface area contributed by atoms with Gasteiger partial charge in [0, 0.05) is 38.8 Å². The van der Waals surface area contributed by atoms with Crippen LogP contribution in [-0.2, 0) is 0 Å². The quantitative estimate of drug-likeness (QED) is 0.741. The Bertz CT molecular complexity index is 247. The van der Waals surface area contributed by atoms with Crippen molar-refractivity contribution in [2.24, 2.45) is 0 Å². The van der Waals surface area contributed by atoms with Crippen LogP contribution in [0.1, 0.15) is 34.1 Å². The number of aliphatic hydroxyl groups is 1. The highest BCUT2D eigenvalue weighted by Gasteiger charge is 2.25. The Kier molecular flexibility index (Phi) is 6.17. The summed E-state index contributed by atoms with van der Waals surface area (Å²) in [5.41, 5.74) is 1.39. The van der Waals surface area contributed by atoms with Gasteiger partial charge in [-0.2, -0.15) is 0 Å². The van der Waals surface area contributed by atoms with Crippen LogP contribution in [0.15, 0.2) is 11.6 Å². The summed E-state index contributed by atoms with van der Waals surface area (Å²) in [7, 11) is 0. The number of hydrogen-bond donors (Lipinski definition) is 1. The van der Waals surface area contributed by atoms with Gasteiger partial charge in [-0.15, -0.1) is 0 Å². The molecule has 0 radical (unpaired) electrons. The number of rotatable bonds is 5. The van der Waals surface area contributed by atoms with Crippen LogP contribution in [0.25, 0.3) is 0 Å². The molecule has 1 saturated heterocycles. The first-order chi connectivity index (χ1) is 8.02. The lowest BCUT2D eigenvalue weighted by atomic mass is 10.1. The first-order valence-corrected chi connectivity index (χ1v) is 6.80. The number of nitrogens with zero attached hydrogens (tertiary/aromatic N) is 2. The average molecular weight is 240 g/mol. The minimum absolute atomic E-state index is 0.214. The molecule has 1 rings (SSSR count). The Balaban J connectivity index is 2.45. The highest BCUT2D eigenvalue weighted by Crippen LogP contribution is 2.13. The molecule has 0 unspecified atom stereocenters. The zero-order valence-corrected chi connectivity index (χ0v) is 11.8. The third kappa shape index (κ3) is 5.19. The van der Waals surface area contributed by atoms with E-state index in [4.69, 9.17) is 0 Å². The summed E-state index contributed by atoms with van der Waals surface area (Å²) < 4.78 is 0. The molecule has 0 aromatic rings. The molecule has 0 amide bonds. The molecule has 0 spiro atoms. The molecule has 17 heavy (non-hydrogen) atoms. The second-order valence-corrected chi connectivity index (χ2v) is 5.45. The van der Waals surface area contributed by atoms with E-state index in [9.17, 15) is 5.11 Å². The highest BCUT2D eigenvalue weighted by atomic mass is 16.3. The minimum Gasteiger partial charge on any atom is -0.392 e. The van der Waals surface area contributed by atoms with Crippen LogP contribution in [-0.4, -0.2) is 59.8 Å². The standard InChI is InChI=1S/C14H28N2O/c1-5-14-11-15(7-6-12(2)3)8-9-16(14)10-13(4)17/h6,13-14,17H,5,7-11H2,1-4H3/t13-,14-/m0/s1. The van der Waals surface area contributed by atoms with Gasteiger partial charge in [0.2, 0.25) is 0 Å². The predicted molar refractivity (Wildman–Crippen MR) is 73.2 cm³/mol. The molecule has 1 fully saturated rings. The van der Waals surface area contributed by atoms with Gasteiger partial charge in [0.05, 0.1) is 6.10 Å². The van der Waals surface area contributed by atoms with E-state index in [-0.39, 0.29) is 6.10 Å². The van der Waals surface area contributed by atoms with Gasteiger partial charge in [-0.1, -0.05) is 18.6 Å². The summed E-state index contributed by atoms with van der Waals surface area (Å²) in [6.07, 6.45) is 3.25. The highest BCUT2D eigenvalue weighted by molar-refractivity contribution is 4.96. The molecule has 0 aromatic carbocycles. The Morgan fingerprint density at radius 2 is 2.12 bits per heavy atom. The number of β-amino-alcohol motifs (C(OH)–C–C–N with tert-alkyl or cyclic N) is 1. The van der Waals surface area contributed by atoms with Crippen molar-refractivity contribution in [3.8, 4) is 0 Å². The Morgan fingerprint density at radius 1 is 1.41 bits per heavy atom. The zero-order valence-electron chi connectivity index (χ0n) is 11.8. The maximum Gasteiger partial charge on any atom is 0.0639 e. The van der Waals surface area contributed by atoms with Gasteiger partial charge in [0.15, 0.2) is 0 Å². The fourth-order valence-corrected chi connectivity index (χ4v) is 2.40. The van der Waals surface area contributed by atoms with Gasteiger partial charge < -0.3 is 5.11 Å². The summed E-state index contributed by atoms with van der Waals surface area (Å²) in [6, 6.07) is 0.601. The lowest BCUT2D eigenvalue weighted by Crippen LogP contribution is -2.54. The first-order valence-electron chi connectivity index (χ1n) is 6.80. The maximum atomic E-state index is 9.50. The van der Waals surface area contributed by atoms with E-state index in [2.05, 4.69) is 36.6 Å². The van der Waals surface area contributed by atoms with Crippen molar-refractivity contribution in [2.75, 3.05) is 32.7 Å². The molecular formula is C14H28N2O. The van der Waals surface area contributed by atoms with E-state index in [1.54, 1.807) is 0 Å². The van der Waals surface area contributed by atoms with Gasteiger partial charge in [0.1, 0.15) is 0 Å². The number of hydrogen-bond acceptors (Lipinski definition) is 3. The molecule has 0 aromatic heterocycles. The molecule has 1 heterocycles. The van der Waals surface area contributed by atoms with Crippen molar-refractivity contribution in [2.45, 2.75) is 46.3 Å². The SMILES string of the molecule is CC[C@H]1CN(CC=C(C)C)CCN1C[C@H](C)O. The summed E-state index contributed by atoms with van der Waals surface area (Å²) >= 11 is 0. The van der Waals surface area contributed by atoms with Crippen molar-refractivity contribution in [3.63, 3.8) is 0 Å². The van der Waals surface area contributed by atoms with Crippen LogP contribution < -0.4 is 0 Å². The van der Waals surface area contributed by atoms with Crippen LogP contribution in [0.4, 0.5) is 0 Å². The normalized spacial score (nSPS) is 24.6. The molecule has 3 nitrogen and oxygen atoms in total. The maximum absolute atomic E-state index is 9.50. The van der Waals surface area contributed by atoms with E-state index in [1.807, 2.05) is 6.92 Å². The van der Waals surface area contributed by atoms with Crippen molar-refractivity contribution in [1.82, 2.24) is 9.80 Å². The average Bonchev–Trinajstić information content (AvgIpc) is 2.26. The number of aliphatic hydroxyl groups excluding tert-OH is 1. The summed E-state index contributed by atoms with van der Waals surface area (Å²) in [6.45, 7) is 13.6. The second-order valence-electron chi connectivity index (χ2n) is 5.45. The van der Waals surface area contributed by atoms with Gasteiger partial charge in [-0.25, -0.2) is 0 Å². The Labute approximate surface area is 106 Å². The minimum atomic E-state index is -0.214. The Hall–Kier alpha value is -0.380. The lowest BCUT2D eigenvalue weighted by molar-refractivity contribution is 0.0408. The molecule has 0 bridgehead atoms. The molecule has 1 aliphatic rings. The van der Waals surface area contributed by atoms with Crippen LogP contribution in [0.2, 0.25) is 0 Å². The van der Waals surface area contributed by atoms with Crippen molar-refractivity contribution in [3.05, 3.63) is 11.6 Å². The molecule has 3 heteroatoms. The first kappa shape index (κ1) is 14.7. The molecule has 100 valence electrons. The van der Waals surface area contributed by atoms with Crippen LogP contribution in [0, 0.1) is 0 Å². The van der Waals surface area contributed by atoms with E-state index in [0.29, 0.717) is 6.04 Å². The van der Waals surface area contributed by atoms with Crippen LogP contribution in [0.5, 0.6) is 0 Å². The van der Waals surface area contributed by atoms with Crippen molar-refractivity contribution >= 4 is 0 Å². The topological polar surface area (TPSA) is 26.7 Å². The second kappa shape index (κ2) is 7.14. The van der Waals surface area contributed by atoms with Crippen LogP contribution >= 0.6 is 0 Å². The van der Waals surface area contributed by atoms with E-state index < -0.39 is 0 Å². The van der Waals surface area contributed by atoms with Crippen molar-refractivity contribution < 1.29 is 5.11 Å². The number of piperazine rings is 1. The number of allylic oxidation sites excluding steroid dienone is 1. The van der Waals surface area contributed by atoms with Crippen molar-refractivity contribution in [1.29, 1.82) is 0 Å². The third-order valence-electron chi connectivity index (χ3n) is 3.42. The monoisotopic (exact) mass is 240 g/mol. The lowest BCUT2D eigenvalue weighted by Gasteiger charge is -2.41. The summed E-state index contributed by atoms with van der Waals surface area (Å²) in [5.74, 6) is 0. The molecule has 1 N–H and O–H groups in total. The van der Waals surface area contributed by atoms with E-state index in [0.717, 1.165) is 39.1 Å². The third-order valence-corrected chi connectivity index (χ3v) is 3.42. The van der Waals surface area contributed by atoms with Gasteiger partial charge >= 0.3 is 0 Å². The molecule has 2 atom stereocenters. The Morgan fingerprint density at radius 3 is 2.65 bits per heavy atom. The summed E-state index contributed by atoms with van der Waals surface area (Å²) in [5, 5.41) is 9.50. The fourth-order valence-electron chi connectivity index (χ4n) is 2.40. The molecular weight excluding hydrogens is 212 g/mol. The molecule has 0 saturated carbocycles. The fraction of sp³-hybridized carbons (Fsp3) is 0.857. The van der Waals surface area contributed by atoms with Crippen LogP contribution in [0.3, 0.4) is 0 Å². The van der Waals surface area contributed by atoms with Gasteiger partial charge in [-0.05, 0) is 27.2 Å². The van der Waals surface area contributed by atoms with Gasteiger partial charge in [0.25, 0.3) is 0 Å². The predicted octanol–water partition coefficient (Wildman–Crippen LogP) is 1.73. The molecule has 1 aliphatic heterocycles. The van der Waals surface area contributed by atoms with Gasteiger partial charge in [-0.3, -0.25) is 9.80 Å². The van der Waals surface area contributed by atoms with E-state index in [1.165, 1.54) is 5.57 Å². The smallest absolute Gasteiger partial charge is 0.0639 e. The summed E-state index contributed by atoms with van der Waals surface area (Å²) in [4.78, 5) is 4.95. The zero-order chi connectivity index (χ0) is 12.8. The molecule has 0 aliphatic carbocycles. The van der Waals surface area contributed by atoms with E-state index >= 15 is 0 Å². The largest absolute Gasteiger partial charge is 0.392 e.